The zero-order valence-electron chi connectivity index (χ0n) is 24.9. The molecule has 4 rings (SSSR count). The minimum Gasteiger partial charge on any atom is -0.497 e. The maximum atomic E-state index is 14.2. The molecule has 0 saturated heterocycles. The minimum atomic E-state index is -4.10. The third-order valence-corrected chi connectivity index (χ3v) is 9.78. The van der Waals surface area contributed by atoms with Gasteiger partial charge in [-0.1, -0.05) is 55.7 Å². The van der Waals surface area contributed by atoms with Crippen molar-refractivity contribution in [3.8, 4) is 5.75 Å². The van der Waals surface area contributed by atoms with Gasteiger partial charge in [-0.3, -0.25) is 13.9 Å². The van der Waals surface area contributed by atoms with Crippen LogP contribution in [0.15, 0.2) is 77.7 Å². The van der Waals surface area contributed by atoms with Crippen LogP contribution < -0.4 is 14.4 Å². The molecule has 3 aromatic carbocycles. The monoisotopic (exact) mass is 591 g/mol. The first kappa shape index (κ1) is 31.1. The Balaban J connectivity index is 1.69. The van der Waals surface area contributed by atoms with Gasteiger partial charge in [-0.25, -0.2) is 8.42 Å². The summed E-state index contributed by atoms with van der Waals surface area (Å²) in [7, 11) is -2.53. The Hall–Kier alpha value is -3.85. The second-order valence-electron chi connectivity index (χ2n) is 11.0. The first-order valence-electron chi connectivity index (χ1n) is 14.5. The van der Waals surface area contributed by atoms with E-state index in [9.17, 15) is 18.0 Å². The number of sulfonamides is 1. The van der Waals surface area contributed by atoms with Crippen LogP contribution >= 0.6 is 0 Å². The average molecular weight is 592 g/mol. The third kappa shape index (κ3) is 7.50. The summed E-state index contributed by atoms with van der Waals surface area (Å²) in [4.78, 5) is 29.2. The quantitative estimate of drug-likeness (QED) is 0.323. The van der Waals surface area contributed by atoms with Crippen molar-refractivity contribution in [1.29, 1.82) is 0 Å². The third-order valence-electron chi connectivity index (χ3n) is 7.99. The lowest BCUT2D eigenvalue weighted by Gasteiger charge is -2.33. The van der Waals surface area contributed by atoms with Crippen LogP contribution in [0.25, 0.3) is 0 Å². The van der Waals surface area contributed by atoms with Gasteiger partial charge in [0.15, 0.2) is 0 Å². The summed E-state index contributed by atoms with van der Waals surface area (Å²) in [5, 5.41) is 3.13. The topological polar surface area (TPSA) is 96.0 Å². The van der Waals surface area contributed by atoms with Crippen LogP contribution in [0, 0.1) is 13.8 Å². The molecule has 0 radical (unpaired) electrons. The normalized spacial score (nSPS) is 14.6. The lowest BCUT2D eigenvalue weighted by atomic mass is 9.95. The first-order chi connectivity index (χ1) is 20.1. The lowest BCUT2D eigenvalue weighted by molar-refractivity contribution is -0.139. The summed E-state index contributed by atoms with van der Waals surface area (Å²) < 4.78 is 34.4. The van der Waals surface area contributed by atoms with Crippen LogP contribution in [0.1, 0.15) is 55.7 Å². The summed E-state index contributed by atoms with van der Waals surface area (Å²) in [6, 6.07) is 20.0. The highest BCUT2D eigenvalue weighted by molar-refractivity contribution is 7.92. The molecular formula is C33H41N3O5S. The molecule has 1 unspecified atom stereocenters. The van der Waals surface area contributed by atoms with E-state index in [4.69, 9.17) is 4.74 Å². The van der Waals surface area contributed by atoms with Gasteiger partial charge >= 0.3 is 0 Å². The van der Waals surface area contributed by atoms with Crippen LogP contribution in [0.3, 0.4) is 0 Å². The zero-order valence-corrected chi connectivity index (χ0v) is 25.7. The molecule has 0 aliphatic heterocycles. The Morgan fingerprint density at radius 1 is 0.929 bits per heavy atom. The molecule has 224 valence electrons. The summed E-state index contributed by atoms with van der Waals surface area (Å²) in [6.07, 6.45) is 5.12. The van der Waals surface area contributed by atoms with Gasteiger partial charge in [0, 0.05) is 12.6 Å². The fraction of sp³-hybridized carbons (Fsp3) is 0.394. The number of nitrogens with one attached hydrogen (secondary N) is 1. The van der Waals surface area contributed by atoms with Gasteiger partial charge in [-0.05, 0) is 86.7 Å². The van der Waals surface area contributed by atoms with Crippen molar-refractivity contribution in [2.24, 2.45) is 0 Å². The van der Waals surface area contributed by atoms with E-state index in [2.05, 4.69) is 5.32 Å². The highest BCUT2D eigenvalue weighted by Gasteiger charge is 2.33. The van der Waals surface area contributed by atoms with E-state index < -0.39 is 28.5 Å². The second kappa shape index (κ2) is 13.9. The van der Waals surface area contributed by atoms with Crippen LogP contribution in [0.5, 0.6) is 5.75 Å². The van der Waals surface area contributed by atoms with Crippen molar-refractivity contribution < 1.29 is 22.7 Å². The number of carbonyl (C=O) groups excluding carboxylic acids is 2. The van der Waals surface area contributed by atoms with E-state index in [1.807, 2.05) is 44.2 Å². The molecule has 9 heteroatoms. The van der Waals surface area contributed by atoms with E-state index in [-0.39, 0.29) is 23.4 Å². The molecule has 2 amide bonds. The second-order valence-corrected chi connectivity index (χ2v) is 12.8. The van der Waals surface area contributed by atoms with Gasteiger partial charge in [-0.15, -0.1) is 0 Å². The molecule has 1 saturated carbocycles. The largest absolute Gasteiger partial charge is 0.497 e. The summed E-state index contributed by atoms with van der Waals surface area (Å²) in [5.74, 6) is -0.105. The number of benzene rings is 3. The number of ether oxygens (including phenoxy) is 1. The number of amides is 2. The molecule has 0 bridgehead atoms. The van der Waals surface area contributed by atoms with Crippen molar-refractivity contribution in [2.75, 3.05) is 18.0 Å². The number of aryl methyl sites for hydroxylation is 2. The minimum absolute atomic E-state index is 0.0768. The SMILES string of the molecule is COc1cccc(CN(C(=O)CN(c2ccc(C)c(C)c2)S(=O)(=O)c2ccccc2)C(C)C(=O)NC2CCCCC2)c1. The van der Waals surface area contributed by atoms with Gasteiger partial charge in [0.25, 0.3) is 10.0 Å². The molecule has 0 aromatic heterocycles. The van der Waals surface area contributed by atoms with E-state index in [1.54, 1.807) is 44.4 Å². The van der Waals surface area contributed by atoms with Crippen molar-refractivity contribution in [2.45, 2.75) is 76.4 Å². The number of rotatable bonds is 11. The van der Waals surface area contributed by atoms with E-state index >= 15 is 0 Å². The van der Waals surface area contributed by atoms with Crippen LogP contribution in [0.4, 0.5) is 5.69 Å². The van der Waals surface area contributed by atoms with Crippen LogP contribution in [0.2, 0.25) is 0 Å². The molecule has 0 heterocycles. The predicted octanol–water partition coefficient (Wildman–Crippen LogP) is 5.37. The predicted molar refractivity (Wildman–Crippen MR) is 165 cm³/mol. The van der Waals surface area contributed by atoms with Crippen molar-refractivity contribution in [3.63, 3.8) is 0 Å². The molecule has 8 nitrogen and oxygen atoms in total. The molecule has 1 N–H and O–H groups in total. The fourth-order valence-corrected chi connectivity index (χ4v) is 6.68. The standard InChI is InChI=1S/C33H41N3O5S/c1-24-18-19-29(20-25(24)2)36(42(39,40)31-16-9-6-10-17-31)23-32(37)35(22-27-12-11-15-30(21-27)41-4)26(3)33(38)34-28-13-7-5-8-14-28/h6,9-12,15-21,26,28H,5,7-8,13-14,22-23H2,1-4H3,(H,34,38). The first-order valence-corrected chi connectivity index (χ1v) is 15.9. The van der Waals surface area contributed by atoms with Gasteiger partial charge in [-0.2, -0.15) is 0 Å². The lowest BCUT2D eigenvalue weighted by Crippen LogP contribution is -2.53. The van der Waals surface area contributed by atoms with E-state index in [1.165, 1.54) is 17.0 Å². The van der Waals surface area contributed by atoms with Crippen molar-refractivity contribution >= 4 is 27.5 Å². The number of hydrogen-bond acceptors (Lipinski definition) is 5. The highest BCUT2D eigenvalue weighted by atomic mass is 32.2. The molecule has 42 heavy (non-hydrogen) atoms. The van der Waals surface area contributed by atoms with Crippen molar-refractivity contribution in [3.05, 3.63) is 89.5 Å². The smallest absolute Gasteiger partial charge is 0.264 e. The molecule has 3 aromatic rings. The summed E-state index contributed by atoms with van der Waals surface area (Å²) >= 11 is 0. The molecular weight excluding hydrogens is 550 g/mol. The number of carbonyl (C=O) groups is 2. The maximum absolute atomic E-state index is 14.2. The fourth-order valence-electron chi connectivity index (χ4n) is 5.25. The number of methoxy groups -OCH3 is 1. The Kier molecular flexibility index (Phi) is 10.3. The summed E-state index contributed by atoms with van der Waals surface area (Å²) in [6.45, 7) is 5.19. The Bertz CT molecular complexity index is 1490. The number of hydrogen-bond donors (Lipinski definition) is 1. The average Bonchev–Trinajstić information content (AvgIpc) is 3.00. The molecule has 1 fully saturated rings. The Morgan fingerprint density at radius 2 is 1.64 bits per heavy atom. The van der Waals surface area contributed by atoms with Crippen molar-refractivity contribution in [1.82, 2.24) is 10.2 Å². The Morgan fingerprint density at radius 3 is 2.31 bits per heavy atom. The maximum Gasteiger partial charge on any atom is 0.264 e. The number of nitrogens with zero attached hydrogens (tertiary/aromatic N) is 2. The molecule has 1 atom stereocenters. The number of anilines is 1. The highest BCUT2D eigenvalue weighted by Crippen LogP contribution is 2.27. The van der Waals surface area contributed by atoms with Gasteiger partial charge in [0.05, 0.1) is 17.7 Å². The molecule has 1 aliphatic rings. The van der Waals surface area contributed by atoms with Crippen LogP contribution in [-0.4, -0.2) is 50.9 Å². The van der Waals surface area contributed by atoms with Gasteiger partial charge < -0.3 is 15.0 Å². The van der Waals surface area contributed by atoms with E-state index in [0.29, 0.717) is 11.4 Å². The van der Waals surface area contributed by atoms with E-state index in [0.717, 1.165) is 53.1 Å². The molecule has 0 spiro atoms. The molecule has 1 aliphatic carbocycles. The zero-order chi connectivity index (χ0) is 30.3. The summed E-state index contributed by atoms with van der Waals surface area (Å²) in [5.41, 5.74) is 3.07. The Labute approximate surface area is 249 Å². The van der Waals surface area contributed by atoms with Crippen LogP contribution in [-0.2, 0) is 26.2 Å². The van der Waals surface area contributed by atoms with Gasteiger partial charge in [0.2, 0.25) is 11.8 Å². The van der Waals surface area contributed by atoms with Gasteiger partial charge in [0.1, 0.15) is 18.3 Å².